The van der Waals surface area contributed by atoms with Gasteiger partial charge < -0.3 is 9.47 Å². The van der Waals surface area contributed by atoms with Crippen LogP contribution < -0.4 is 4.74 Å². The first kappa shape index (κ1) is 11.5. The molecule has 0 aliphatic heterocycles. The quantitative estimate of drug-likeness (QED) is 0.720. The molecule has 0 bridgehead atoms. The molecule has 1 aliphatic rings. The summed E-state index contributed by atoms with van der Waals surface area (Å²) in [6.07, 6.45) is 6.86. The van der Waals surface area contributed by atoms with Crippen molar-refractivity contribution in [3.8, 4) is 5.75 Å². The zero-order valence-electron chi connectivity index (χ0n) is 9.95. The Hall–Kier alpha value is -1.02. The second-order valence-electron chi connectivity index (χ2n) is 4.45. The van der Waals surface area contributed by atoms with Crippen LogP contribution in [-0.2, 0) is 4.74 Å². The van der Waals surface area contributed by atoms with Crippen molar-refractivity contribution >= 4 is 0 Å². The Morgan fingerprint density at radius 3 is 2.38 bits per heavy atom. The number of hydrogen-bond acceptors (Lipinski definition) is 2. The molecule has 1 aromatic rings. The van der Waals surface area contributed by atoms with E-state index in [9.17, 15) is 0 Å². The van der Waals surface area contributed by atoms with Crippen molar-refractivity contribution in [3.05, 3.63) is 29.8 Å². The van der Waals surface area contributed by atoms with E-state index in [1.807, 2.05) is 12.1 Å². The standard InChI is InChI=1S/C14H20O2/c1-15-11-16-14-9-7-13(8-10-14)12-5-3-2-4-6-12/h7-10,12H,2-6,11H2,1H3. The highest BCUT2D eigenvalue weighted by Gasteiger charge is 2.14. The summed E-state index contributed by atoms with van der Waals surface area (Å²) in [7, 11) is 1.64. The molecule has 1 fully saturated rings. The van der Waals surface area contributed by atoms with Gasteiger partial charge in [0.1, 0.15) is 5.75 Å². The Kier molecular flexibility index (Phi) is 4.23. The minimum Gasteiger partial charge on any atom is -0.468 e. The van der Waals surface area contributed by atoms with Crippen LogP contribution in [0.5, 0.6) is 5.75 Å². The second kappa shape index (κ2) is 5.90. The first-order chi connectivity index (χ1) is 7.90. The number of ether oxygens (including phenoxy) is 2. The van der Waals surface area contributed by atoms with Gasteiger partial charge in [-0.2, -0.15) is 0 Å². The summed E-state index contributed by atoms with van der Waals surface area (Å²) in [4.78, 5) is 0. The monoisotopic (exact) mass is 220 g/mol. The van der Waals surface area contributed by atoms with Crippen LogP contribution in [0.2, 0.25) is 0 Å². The molecule has 2 nitrogen and oxygen atoms in total. The van der Waals surface area contributed by atoms with Gasteiger partial charge in [-0.3, -0.25) is 0 Å². The first-order valence-corrected chi connectivity index (χ1v) is 6.12. The van der Waals surface area contributed by atoms with Gasteiger partial charge in [0.2, 0.25) is 0 Å². The average Bonchev–Trinajstić information content (AvgIpc) is 2.38. The molecular formula is C14H20O2. The van der Waals surface area contributed by atoms with E-state index in [1.54, 1.807) is 7.11 Å². The molecule has 0 radical (unpaired) electrons. The maximum Gasteiger partial charge on any atom is 0.188 e. The average molecular weight is 220 g/mol. The number of rotatable bonds is 4. The van der Waals surface area contributed by atoms with E-state index >= 15 is 0 Å². The summed E-state index contributed by atoms with van der Waals surface area (Å²) in [6.45, 7) is 0.322. The van der Waals surface area contributed by atoms with Gasteiger partial charge in [0.05, 0.1) is 0 Å². The molecular weight excluding hydrogens is 200 g/mol. The summed E-state index contributed by atoms with van der Waals surface area (Å²) in [5.74, 6) is 1.66. The third-order valence-corrected chi connectivity index (χ3v) is 3.30. The first-order valence-electron chi connectivity index (χ1n) is 6.12. The molecule has 0 atom stereocenters. The molecule has 0 heterocycles. The molecule has 2 rings (SSSR count). The molecule has 0 saturated heterocycles. The Labute approximate surface area is 97.6 Å². The van der Waals surface area contributed by atoms with Crippen LogP contribution in [0.4, 0.5) is 0 Å². The predicted octanol–water partition coefficient (Wildman–Crippen LogP) is 3.72. The van der Waals surface area contributed by atoms with Crippen LogP contribution in [-0.4, -0.2) is 13.9 Å². The number of hydrogen-bond donors (Lipinski definition) is 0. The van der Waals surface area contributed by atoms with Gasteiger partial charge in [-0.1, -0.05) is 31.4 Å². The van der Waals surface area contributed by atoms with E-state index in [1.165, 1.54) is 37.7 Å². The van der Waals surface area contributed by atoms with Crippen molar-refractivity contribution < 1.29 is 9.47 Å². The van der Waals surface area contributed by atoms with Gasteiger partial charge in [-0.15, -0.1) is 0 Å². The van der Waals surface area contributed by atoms with E-state index in [-0.39, 0.29) is 0 Å². The fourth-order valence-electron chi connectivity index (χ4n) is 2.40. The van der Waals surface area contributed by atoms with Crippen LogP contribution in [0.15, 0.2) is 24.3 Å². The van der Waals surface area contributed by atoms with Crippen molar-refractivity contribution in [2.24, 2.45) is 0 Å². The summed E-state index contributed by atoms with van der Waals surface area (Å²) in [5.41, 5.74) is 1.46. The summed E-state index contributed by atoms with van der Waals surface area (Å²) >= 11 is 0. The van der Waals surface area contributed by atoms with Crippen LogP contribution in [0.3, 0.4) is 0 Å². The maximum atomic E-state index is 5.38. The highest BCUT2D eigenvalue weighted by molar-refractivity contribution is 5.29. The van der Waals surface area contributed by atoms with E-state index < -0.39 is 0 Å². The second-order valence-corrected chi connectivity index (χ2v) is 4.45. The van der Waals surface area contributed by atoms with Crippen molar-refractivity contribution in [3.63, 3.8) is 0 Å². The van der Waals surface area contributed by atoms with E-state index in [4.69, 9.17) is 9.47 Å². The lowest BCUT2D eigenvalue weighted by molar-refractivity contribution is 0.0511. The van der Waals surface area contributed by atoms with Crippen molar-refractivity contribution in [2.45, 2.75) is 38.0 Å². The zero-order valence-corrected chi connectivity index (χ0v) is 9.95. The molecule has 0 N–H and O–H groups in total. The van der Waals surface area contributed by atoms with Crippen LogP contribution in [0.1, 0.15) is 43.6 Å². The zero-order chi connectivity index (χ0) is 11.2. The van der Waals surface area contributed by atoms with E-state index in [0.29, 0.717) is 6.79 Å². The normalized spacial score (nSPS) is 17.3. The van der Waals surface area contributed by atoms with Gasteiger partial charge in [0.25, 0.3) is 0 Å². The molecule has 88 valence electrons. The van der Waals surface area contributed by atoms with Crippen molar-refractivity contribution in [1.82, 2.24) is 0 Å². The Balaban J connectivity index is 1.95. The molecule has 0 aromatic heterocycles. The fraction of sp³-hybridized carbons (Fsp3) is 0.571. The minimum absolute atomic E-state index is 0.322. The van der Waals surface area contributed by atoms with Gasteiger partial charge in [0, 0.05) is 7.11 Å². The Bertz CT molecular complexity index is 299. The highest BCUT2D eigenvalue weighted by atomic mass is 16.7. The molecule has 1 aliphatic carbocycles. The molecule has 1 saturated carbocycles. The topological polar surface area (TPSA) is 18.5 Å². The van der Waals surface area contributed by atoms with Crippen LogP contribution in [0.25, 0.3) is 0 Å². The largest absolute Gasteiger partial charge is 0.468 e. The SMILES string of the molecule is COCOc1ccc(C2CCCCC2)cc1. The van der Waals surface area contributed by atoms with Crippen molar-refractivity contribution in [1.29, 1.82) is 0 Å². The van der Waals surface area contributed by atoms with Gasteiger partial charge in [-0.25, -0.2) is 0 Å². The third-order valence-electron chi connectivity index (χ3n) is 3.30. The minimum atomic E-state index is 0.322. The van der Waals surface area contributed by atoms with E-state index in [2.05, 4.69) is 12.1 Å². The lowest BCUT2D eigenvalue weighted by Gasteiger charge is -2.22. The smallest absolute Gasteiger partial charge is 0.188 e. The number of benzene rings is 1. The molecule has 16 heavy (non-hydrogen) atoms. The van der Waals surface area contributed by atoms with Gasteiger partial charge in [-0.05, 0) is 36.5 Å². The van der Waals surface area contributed by atoms with Crippen molar-refractivity contribution in [2.75, 3.05) is 13.9 Å². The van der Waals surface area contributed by atoms with Crippen LogP contribution >= 0.6 is 0 Å². The van der Waals surface area contributed by atoms with Gasteiger partial charge in [0.15, 0.2) is 6.79 Å². The summed E-state index contributed by atoms with van der Waals surface area (Å²) in [5, 5.41) is 0. The Morgan fingerprint density at radius 1 is 1.06 bits per heavy atom. The predicted molar refractivity (Wildman–Crippen MR) is 64.8 cm³/mol. The molecule has 1 aromatic carbocycles. The third kappa shape index (κ3) is 2.99. The van der Waals surface area contributed by atoms with Crippen LogP contribution in [0, 0.1) is 0 Å². The lowest BCUT2D eigenvalue weighted by Crippen LogP contribution is -2.04. The molecule has 0 spiro atoms. The van der Waals surface area contributed by atoms with E-state index in [0.717, 1.165) is 11.7 Å². The molecule has 2 heteroatoms. The highest BCUT2D eigenvalue weighted by Crippen LogP contribution is 2.33. The Morgan fingerprint density at radius 2 is 1.75 bits per heavy atom. The maximum absolute atomic E-state index is 5.38. The lowest BCUT2D eigenvalue weighted by atomic mass is 9.84. The summed E-state index contributed by atoms with van der Waals surface area (Å²) in [6, 6.07) is 8.48. The van der Waals surface area contributed by atoms with Gasteiger partial charge >= 0.3 is 0 Å². The fourth-order valence-corrected chi connectivity index (χ4v) is 2.40. The molecule has 0 unspecified atom stereocenters. The summed E-state index contributed by atoms with van der Waals surface area (Å²) < 4.78 is 10.2. The number of methoxy groups -OCH3 is 1. The molecule has 0 amide bonds.